The van der Waals surface area contributed by atoms with Crippen molar-refractivity contribution in [2.24, 2.45) is 0 Å². The lowest BCUT2D eigenvalue weighted by atomic mass is 9.86. The zero-order chi connectivity index (χ0) is 36.4. The molecule has 0 saturated heterocycles. The van der Waals surface area contributed by atoms with E-state index in [4.69, 9.17) is 9.47 Å². The summed E-state index contributed by atoms with van der Waals surface area (Å²) in [6.45, 7) is 13.0. The van der Waals surface area contributed by atoms with Gasteiger partial charge < -0.3 is 18.9 Å². The molecule has 4 aromatic rings. The first kappa shape index (κ1) is 36.5. The summed E-state index contributed by atoms with van der Waals surface area (Å²) >= 11 is 0. The molecule has 0 bridgehead atoms. The number of carbonyl (C=O) groups is 1. The maximum absolute atomic E-state index is 14.6. The second-order valence-electron chi connectivity index (χ2n) is 13.6. The number of aryl methyl sites for hydroxylation is 1. The van der Waals surface area contributed by atoms with E-state index in [1.165, 1.54) is 12.4 Å². The van der Waals surface area contributed by atoms with Gasteiger partial charge in [-0.05, 0) is 62.1 Å². The number of benzene rings is 1. The fourth-order valence-corrected chi connectivity index (χ4v) is 6.77. The number of alkyl halides is 3. The van der Waals surface area contributed by atoms with Crippen LogP contribution in [-0.2, 0) is 30.6 Å². The lowest BCUT2D eigenvalue weighted by Crippen LogP contribution is -2.40. The molecule has 3 aromatic heterocycles. The number of rotatable bonds is 12. The van der Waals surface area contributed by atoms with Crippen LogP contribution >= 0.6 is 0 Å². The van der Waals surface area contributed by atoms with Crippen molar-refractivity contribution in [3.8, 4) is 22.9 Å². The minimum atomic E-state index is -4.84. The molecular weight excluding hydrogens is 666 g/mol. The van der Waals surface area contributed by atoms with Gasteiger partial charge in [-0.1, -0.05) is 19.6 Å². The number of nitriles is 1. The summed E-state index contributed by atoms with van der Waals surface area (Å²) in [6.07, 6.45) is 1.42. The fourth-order valence-electron chi connectivity index (χ4n) is 6.01. The van der Waals surface area contributed by atoms with Crippen LogP contribution in [0.15, 0.2) is 53.8 Å². The van der Waals surface area contributed by atoms with Crippen molar-refractivity contribution < 1.29 is 27.4 Å². The van der Waals surface area contributed by atoms with Gasteiger partial charge in [0.2, 0.25) is 0 Å². The van der Waals surface area contributed by atoms with E-state index in [0.717, 1.165) is 10.6 Å². The SMILES string of the molecule is CCOc1cc([C@H](C)N2CCc3c(cc(Cn4ccnc4C)cc3-c3cn(COCC[Si](C)(C)C)c(=O)cc3C(F)(F)F)C2=O)ncc1C#N. The van der Waals surface area contributed by atoms with Crippen molar-refractivity contribution in [2.45, 2.75) is 78.4 Å². The van der Waals surface area contributed by atoms with Crippen LogP contribution in [0.3, 0.4) is 0 Å². The quantitative estimate of drug-likeness (QED) is 0.117. The van der Waals surface area contributed by atoms with Crippen molar-refractivity contribution in [3.63, 3.8) is 0 Å². The summed E-state index contributed by atoms with van der Waals surface area (Å²) in [5.41, 5.74) is 0.228. The molecule has 1 aliphatic rings. The molecule has 0 unspecified atom stereocenters. The zero-order valence-corrected chi connectivity index (χ0v) is 30.1. The van der Waals surface area contributed by atoms with Crippen molar-refractivity contribution in [1.29, 1.82) is 5.26 Å². The van der Waals surface area contributed by atoms with Gasteiger partial charge in [-0.15, -0.1) is 0 Å². The average molecular weight is 707 g/mol. The molecule has 5 rings (SSSR count). The van der Waals surface area contributed by atoms with Crippen LogP contribution in [0.4, 0.5) is 13.2 Å². The molecule has 1 aromatic carbocycles. The minimum Gasteiger partial charge on any atom is -0.492 e. The molecular formula is C36H41F3N6O4Si. The van der Waals surface area contributed by atoms with Gasteiger partial charge in [0.25, 0.3) is 11.5 Å². The molecule has 1 atom stereocenters. The summed E-state index contributed by atoms with van der Waals surface area (Å²) in [7, 11) is -1.44. The third-order valence-electron chi connectivity index (χ3n) is 8.83. The van der Waals surface area contributed by atoms with Gasteiger partial charge in [-0.25, -0.2) is 4.98 Å². The topological polar surface area (TPSA) is 115 Å². The Morgan fingerprint density at radius 1 is 1.06 bits per heavy atom. The van der Waals surface area contributed by atoms with E-state index < -0.39 is 31.4 Å². The number of imidazole rings is 1. The summed E-state index contributed by atoms with van der Waals surface area (Å²) in [5.74, 6) is 0.684. The van der Waals surface area contributed by atoms with Crippen molar-refractivity contribution >= 4 is 14.0 Å². The highest BCUT2D eigenvalue weighted by atomic mass is 28.3. The number of nitrogens with zero attached hydrogens (tertiary/aromatic N) is 6. The molecule has 1 amide bonds. The number of fused-ring (bicyclic) bond motifs is 1. The number of pyridine rings is 2. The normalized spacial score (nSPS) is 14.0. The van der Waals surface area contributed by atoms with Crippen LogP contribution in [0.5, 0.6) is 5.75 Å². The minimum absolute atomic E-state index is 0.198. The predicted molar refractivity (Wildman–Crippen MR) is 185 cm³/mol. The molecule has 0 aliphatic carbocycles. The number of hydrogen-bond acceptors (Lipinski definition) is 7. The summed E-state index contributed by atoms with van der Waals surface area (Å²) in [5, 5.41) is 9.48. The lowest BCUT2D eigenvalue weighted by Gasteiger charge is -2.35. The van der Waals surface area contributed by atoms with Gasteiger partial charge in [0.15, 0.2) is 0 Å². The number of hydrogen-bond donors (Lipinski definition) is 0. The molecule has 0 saturated carbocycles. The molecule has 14 heteroatoms. The number of aromatic nitrogens is 4. The average Bonchev–Trinajstić information content (AvgIpc) is 3.46. The van der Waals surface area contributed by atoms with Crippen LogP contribution in [0, 0.1) is 18.3 Å². The van der Waals surface area contributed by atoms with Crippen LogP contribution in [0.25, 0.3) is 11.1 Å². The number of halogens is 3. The number of carbonyl (C=O) groups excluding carboxylic acids is 1. The van der Waals surface area contributed by atoms with Crippen molar-refractivity contribution in [3.05, 3.63) is 98.7 Å². The molecule has 1 aliphatic heterocycles. The van der Waals surface area contributed by atoms with Gasteiger partial charge >= 0.3 is 6.18 Å². The van der Waals surface area contributed by atoms with Crippen LogP contribution < -0.4 is 10.3 Å². The van der Waals surface area contributed by atoms with Gasteiger partial charge in [0.1, 0.15) is 29.9 Å². The lowest BCUT2D eigenvalue weighted by molar-refractivity contribution is -0.137. The van der Waals surface area contributed by atoms with Gasteiger partial charge in [-0.3, -0.25) is 19.1 Å². The third kappa shape index (κ3) is 8.00. The van der Waals surface area contributed by atoms with Crippen molar-refractivity contribution in [2.75, 3.05) is 19.8 Å². The maximum Gasteiger partial charge on any atom is 0.417 e. The molecule has 0 radical (unpaired) electrons. The third-order valence-corrected chi connectivity index (χ3v) is 10.5. The number of amides is 1. The monoisotopic (exact) mass is 706 g/mol. The standard InChI is InChI=1S/C36H41F3N6O4Si/c1-7-49-33-17-32(42-19-26(33)18-40)23(2)45-10-8-27-28(14-25(15-29(27)35(45)47)20-43-11-9-41-24(43)3)30-21-44(22-48-12-13-50(4,5)6)34(46)16-31(30)36(37,38)39/h9,11,14-17,19,21,23H,7-8,10,12-13,20,22H2,1-6H3/t23-/m0/s1. The van der Waals surface area contributed by atoms with E-state index in [-0.39, 0.29) is 54.4 Å². The second-order valence-corrected chi connectivity index (χ2v) is 19.2. The second kappa shape index (κ2) is 14.6. The smallest absolute Gasteiger partial charge is 0.417 e. The largest absolute Gasteiger partial charge is 0.492 e. The van der Waals surface area contributed by atoms with E-state index in [2.05, 4.69) is 35.7 Å². The Morgan fingerprint density at radius 3 is 2.44 bits per heavy atom. The predicted octanol–water partition coefficient (Wildman–Crippen LogP) is 6.82. The Balaban J connectivity index is 1.62. The highest BCUT2D eigenvalue weighted by Crippen LogP contribution is 2.41. The van der Waals surface area contributed by atoms with Crippen molar-refractivity contribution in [1.82, 2.24) is 24.0 Å². The summed E-state index contributed by atoms with van der Waals surface area (Å²) < 4.78 is 58.3. The number of ether oxygens (including phenoxy) is 2. The Bertz CT molecular complexity index is 1990. The Kier molecular flexibility index (Phi) is 10.7. The maximum atomic E-state index is 14.6. The van der Waals surface area contributed by atoms with E-state index in [9.17, 15) is 28.0 Å². The molecule has 0 spiro atoms. The first-order valence-corrected chi connectivity index (χ1v) is 20.2. The van der Waals surface area contributed by atoms with Crippen LogP contribution in [0.1, 0.15) is 64.0 Å². The summed E-state index contributed by atoms with van der Waals surface area (Å²) in [4.78, 5) is 37.6. The first-order chi connectivity index (χ1) is 23.6. The molecule has 10 nitrogen and oxygen atoms in total. The van der Waals surface area contributed by atoms with Crippen LogP contribution in [0.2, 0.25) is 25.7 Å². The highest BCUT2D eigenvalue weighted by Gasteiger charge is 2.37. The summed E-state index contributed by atoms with van der Waals surface area (Å²) in [6, 6.07) is 8.01. The van der Waals surface area contributed by atoms with E-state index in [1.807, 2.05) is 18.4 Å². The molecule has 50 heavy (non-hydrogen) atoms. The molecule has 4 heterocycles. The zero-order valence-electron chi connectivity index (χ0n) is 29.1. The van der Waals surface area contributed by atoms with Gasteiger partial charge in [-0.2, -0.15) is 18.4 Å². The molecule has 264 valence electrons. The fraction of sp³-hybridized carbons (Fsp3) is 0.417. The highest BCUT2D eigenvalue weighted by molar-refractivity contribution is 6.76. The Hall–Kier alpha value is -4.74. The van der Waals surface area contributed by atoms with E-state index >= 15 is 0 Å². The Labute approximate surface area is 290 Å². The van der Waals surface area contributed by atoms with E-state index in [0.29, 0.717) is 47.7 Å². The molecule has 0 N–H and O–H groups in total. The van der Waals surface area contributed by atoms with Crippen LogP contribution in [-0.4, -0.2) is 57.7 Å². The van der Waals surface area contributed by atoms with Gasteiger partial charge in [0.05, 0.1) is 23.9 Å². The van der Waals surface area contributed by atoms with Gasteiger partial charge in [0, 0.05) is 75.8 Å². The molecule has 0 fully saturated rings. The first-order valence-electron chi connectivity index (χ1n) is 16.5. The van der Waals surface area contributed by atoms with E-state index in [1.54, 1.807) is 42.4 Å². The Morgan fingerprint density at radius 2 is 1.80 bits per heavy atom.